The van der Waals surface area contributed by atoms with E-state index >= 15 is 0 Å². The smallest absolute Gasteiger partial charge is 0.252 e. The van der Waals surface area contributed by atoms with Gasteiger partial charge in [-0.2, -0.15) is 0 Å². The number of nitrogens with one attached hydrogen (secondary N) is 1. The molecule has 2 fully saturated rings. The van der Waals surface area contributed by atoms with Crippen molar-refractivity contribution in [3.63, 3.8) is 0 Å². The minimum Gasteiger partial charge on any atom is -0.352 e. The Kier molecular flexibility index (Phi) is 4.90. The second-order valence-electron chi connectivity index (χ2n) is 7.68. The maximum absolute atomic E-state index is 13.7. The highest BCUT2D eigenvalue weighted by atomic mass is 19.1. The molecule has 4 nitrogen and oxygen atoms in total. The normalized spacial score (nSPS) is 23.6. The van der Waals surface area contributed by atoms with Gasteiger partial charge in [0.2, 0.25) is 0 Å². The molecule has 2 aliphatic heterocycles. The van der Waals surface area contributed by atoms with E-state index in [9.17, 15) is 9.18 Å². The van der Waals surface area contributed by atoms with Crippen molar-refractivity contribution in [1.29, 1.82) is 0 Å². The Morgan fingerprint density at radius 1 is 1.23 bits per heavy atom. The van der Waals surface area contributed by atoms with Gasteiger partial charge in [-0.1, -0.05) is 6.42 Å². The van der Waals surface area contributed by atoms with E-state index in [-0.39, 0.29) is 11.7 Å². The molecule has 1 amide bonds. The topological polar surface area (TPSA) is 45.2 Å². The van der Waals surface area contributed by atoms with Crippen LogP contribution in [0.15, 0.2) is 24.3 Å². The zero-order valence-electron chi connectivity index (χ0n) is 15.3. The summed E-state index contributed by atoms with van der Waals surface area (Å²) < 4.78 is 13.7. The number of hydrogen-bond acceptors (Lipinski definition) is 3. The monoisotopic (exact) mass is 355 g/mol. The van der Waals surface area contributed by atoms with Gasteiger partial charge in [0.05, 0.1) is 11.1 Å². The third-order valence-electron chi connectivity index (χ3n) is 5.90. The summed E-state index contributed by atoms with van der Waals surface area (Å²) in [4.78, 5) is 19.9. The molecule has 0 radical (unpaired) electrons. The van der Waals surface area contributed by atoms with Crippen molar-refractivity contribution >= 4 is 16.8 Å². The van der Waals surface area contributed by atoms with E-state index in [1.165, 1.54) is 57.3 Å². The molecular formula is C21H26FN3O. The van der Waals surface area contributed by atoms with Crippen LogP contribution in [0, 0.1) is 18.7 Å². The number of benzene rings is 1. The summed E-state index contributed by atoms with van der Waals surface area (Å²) in [5, 5.41) is 3.70. The second-order valence-corrected chi connectivity index (χ2v) is 7.68. The molecule has 3 heterocycles. The van der Waals surface area contributed by atoms with E-state index in [0.29, 0.717) is 35.0 Å². The minimum absolute atomic E-state index is 0.126. The van der Waals surface area contributed by atoms with Gasteiger partial charge >= 0.3 is 0 Å². The number of aryl methyl sites for hydroxylation is 1. The quantitative estimate of drug-likeness (QED) is 0.914. The lowest BCUT2D eigenvalue weighted by Gasteiger charge is -2.44. The minimum atomic E-state index is -0.345. The van der Waals surface area contributed by atoms with Gasteiger partial charge < -0.3 is 10.2 Å². The number of rotatable bonds is 3. The molecule has 0 bridgehead atoms. The number of pyridine rings is 1. The molecular weight excluding hydrogens is 329 g/mol. The van der Waals surface area contributed by atoms with Crippen LogP contribution >= 0.6 is 0 Å². The van der Waals surface area contributed by atoms with Gasteiger partial charge in [-0.3, -0.25) is 9.78 Å². The largest absolute Gasteiger partial charge is 0.352 e. The standard InChI is InChI=1S/C21H26FN3O/c1-14-11-18(17-12-16(22)7-8-19(17)24-14)21(26)23-13-15-5-4-10-25-9-3-2-6-20(15)25/h7-8,11-12,15,20H,2-6,9-10,13H2,1H3,(H,23,26)/t15-,20+/m1/s1. The summed E-state index contributed by atoms with van der Waals surface area (Å²) >= 11 is 0. The van der Waals surface area contributed by atoms with Gasteiger partial charge in [-0.25, -0.2) is 4.39 Å². The molecule has 1 N–H and O–H groups in total. The molecule has 138 valence electrons. The third kappa shape index (κ3) is 3.45. The molecule has 1 aromatic heterocycles. The highest BCUT2D eigenvalue weighted by molar-refractivity contribution is 6.06. The fraction of sp³-hybridized carbons (Fsp3) is 0.524. The number of carbonyl (C=O) groups is 1. The third-order valence-corrected chi connectivity index (χ3v) is 5.90. The average Bonchev–Trinajstić information content (AvgIpc) is 2.65. The van der Waals surface area contributed by atoms with Crippen molar-refractivity contribution in [1.82, 2.24) is 15.2 Å². The molecule has 5 heteroatoms. The van der Waals surface area contributed by atoms with E-state index in [1.54, 1.807) is 12.1 Å². The van der Waals surface area contributed by atoms with Crippen LogP contribution in [-0.2, 0) is 0 Å². The molecule has 1 aromatic carbocycles. The van der Waals surface area contributed by atoms with E-state index in [4.69, 9.17) is 0 Å². The first-order chi connectivity index (χ1) is 12.6. The number of nitrogens with zero attached hydrogens (tertiary/aromatic N) is 2. The number of amides is 1. The van der Waals surface area contributed by atoms with Crippen molar-refractivity contribution in [2.45, 2.75) is 45.1 Å². The number of aromatic nitrogens is 1. The molecule has 0 aliphatic carbocycles. The maximum Gasteiger partial charge on any atom is 0.252 e. The Morgan fingerprint density at radius 2 is 2.08 bits per heavy atom. The van der Waals surface area contributed by atoms with Crippen molar-refractivity contribution in [3.8, 4) is 0 Å². The van der Waals surface area contributed by atoms with Crippen molar-refractivity contribution in [2.24, 2.45) is 5.92 Å². The summed E-state index contributed by atoms with van der Waals surface area (Å²) in [7, 11) is 0. The molecule has 2 saturated heterocycles. The highest BCUT2D eigenvalue weighted by Crippen LogP contribution is 2.30. The SMILES string of the molecule is Cc1cc(C(=O)NC[C@H]2CCCN3CCCC[C@@H]23)c2cc(F)ccc2n1. The highest BCUT2D eigenvalue weighted by Gasteiger charge is 2.33. The Labute approximate surface area is 153 Å². The van der Waals surface area contributed by atoms with E-state index < -0.39 is 0 Å². The van der Waals surface area contributed by atoms with Crippen LogP contribution in [-0.4, -0.2) is 41.5 Å². The summed E-state index contributed by atoms with van der Waals surface area (Å²) in [6.45, 7) is 4.95. The van der Waals surface area contributed by atoms with Gasteiger partial charge in [-0.05, 0) is 75.9 Å². The van der Waals surface area contributed by atoms with Crippen LogP contribution in [0.3, 0.4) is 0 Å². The lowest BCUT2D eigenvalue weighted by Crippen LogP contribution is -2.51. The second kappa shape index (κ2) is 7.31. The number of hydrogen-bond donors (Lipinski definition) is 1. The molecule has 0 saturated carbocycles. The van der Waals surface area contributed by atoms with Gasteiger partial charge in [0.15, 0.2) is 0 Å². The Hall–Kier alpha value is -2.01. The average molecular weight is 355 g/mol. The van der Waals surface area contributed by atoms with Crippen molar-refractivity contribution in [2.75, 3.05) is 19.6 Å². The van der Waals surface area contributed by atoms with Gasteiger partial charge in [0, 0.05) is 23.7 Å². The van der Waals surface area contributed by atoms with Crippen LogP contribution in [0.5, 0.6) is 0 Å². The lowest BCUT2D eigenvalue weighted by molar-refractivity contribution is 0.0576. The first kappa shape index (κ1) is 17.4. The summed E-state index contributed by atoms with van der Waals surface area (Å²) in [5.74, 6) is 0.0419. The molecule has 0 unspecified atom stereocenters. The summed E-state index contributed by atoms with van der Waals surface area (Å²) in [6.07, 6.45) is 6.21. The van der Waals surface area contributed by atoms with Crippen LogP contribution < -0.4 is 5.32 Å². The van der Waals surface area contributed by atoms with Gasteiger partial charge in [0.1, 0.15) is 5.82 Å². The van der Waals surface area contributed by atoms with Crippen LogP contribution in [0.1, 0.15) is 48.2 Å². The van der Waals surface area contributed by atoms with Gasteiger partial charge in [0.25, 0.3) is 5.91 Å². The van der Waals surface area contributed by atoms with E-state index in [2.05, 4.69) is 15.2 Å². The zero-order chi connectivity index (χ0) is 18.1. The molecule has 2 atom stereocenters. The summed E-state index contributed by atoms with van der Waals surface area (Å²) in [5.41, 5.74) is 1.95. The van der Waals surface area contributed by atoms with E-state index in [1.807, 2.05) is 6.92 Å². The van der Waals surface area contributed by atoms with E-state index in [0.717, 1.165) is 5.69 Å². The molecule has 0 spiro atoms. The fourth-order valence-electron chi connectivity index (χ4n) is 4.65. The Balaban J connectivity index is 1.51. The predicted molar refractivity (Wildman–Crippen MR) is 101 cm³/mol. The molecule has 2 aromatic rings. The maximum atomic E-state index is 13.7. The van der Waals surface area contributed by atoms with Crippen molar-refractivity contribution < 1.29 is 9.18 Å². The lowest BCUT2D eigenvalue weighted by atomic mass is 9.83. The van der Waals surface area contributed by atoms with Gasteiger partial charge in [-0.15, -0.1) is 0 Å². The summed E-state index contributed by atoms with van der Waals surface area (Å²) in [6, 6.07) is 6.78. The first-order valence-corrected chi connectivity index (χ1v) is 9.71. The number of piperidine rings is 2. The fourth-order valence-corrected chi connectivity index (χ4v) is 4.65. The zero-order valence-corrected chi connectivity index (χ0v) is 15.3. The van der Waals surface area contributed by atoms with Crippen molar-refractivity contribution in [3.05, 3.63) is 41.3 Å². The van der Waals surface area contributed by atoms with Crippen LogP contribution in [0.2, 0.25) is 0 Å². The number of carbonyl (C=O) groups excluding carboxylic acids is 1. The van der Waals surface area contributed by atoms with Crippen LogP contribution in [0.4, 0.5) is 4.39 Å². The Bertz CT molecular complexity index is 820. The number of fused-ring (bicyclic) bond motifs is 2. The molecule has 2 aliphatic rings. The van der Waals surface area contributed by atoms with Crippen LogP contribution in [0.25, 0.3) is 10.9 Å². The molecule has 26 heavy (non-hydrogen) atoms. The molecule has 4 rings (SSSR count). The first-order valence-electron chi connectivity index (χ1n) is 9.71. The predicted octanol–water partition coefficient (Wildman–Crippen LogP) is 3.68. The Morgan fingerprint density at radius 3 is 2.96 bits per heavy atom. The number of halogens is 1.